The van der Waals surface area contributed by atoms with Crippen molar-refractivity contribution in [2.45, 2.75) is 35.6 Å². The predicted molar refractivity (Wildman–Crippen MR) is 79.1 cm³/mol. The lowest BCUT2D eigenvalue weighted by molar-refractivity contribution is -0.195. The molecule has 0 amide bonds. The van der Waals surface area contributed by atoms with Gasteiger partial charge in [0.1, 0.15) is 23.5 Å². The van der Waals surface area contributed by atoms with Gasteiger partial charge < -0.3 is 20.3 Å². The number of thioether (sulfide) groups is 1. The van der Waals surface area contributed by atoms with Crippen molar-refractivity contribution in [3.8, 4) is 0 Å². The van der Waals surface area contributed by atoms with Gasteiger partial charge in [-0.2, -0.15) is 0 Å². The molecule has 0 radical (unpaired) electrons. The van der Waals surface area contributed by atoms with E-state index in [1.807, 2.05) is 6.92 Å². The summed E-state index contributed by atoms with van der Waals surface area (Å²) in [6.45, 7) is 2.43. The largest absolute Gasteiger partial charge is 0.388 e. The lowest BCUT2D eigenvalue weighted by Crippen LogP contribution is -2.48. The van der Waals surface area contributed by atoms with Crippen LogP contribution in [0.25, 0.3) is 0 Å². The zero-order chi connectivity index (χ0) is 14.7. The number of nitrogens with two attached hydrogens (primary N) is 1. The maximum Gasteiger partial charge on any atom is 0.136 e. The number of ether oxygens (including phenoxy) is 2. The van der Waals surface area contributed by atoms with Crippen LogP contribution in [0.1, 0.15) is 6.92 Å². The average molecular weight is 366 g/mol. The zero-order valence-electron chi connectivity index (χ0n) is 11.0. The molecule has 20 heavy (non-hydrogen) atoms. The van der Waals surface area contributed by atoms with E-state index in [1.54, 1.807) is 12.1 Å². The van der Waals surface area contributed by atoms with Crippen molar-refractivity contribution >= 4 is 27.7 Å². The maximum atomic E-state index is 13.8. The van der Waals surface area contributed by atoms with Gasteiger partial charge in [-0.05, 0) is 25.1 Å². The number of benzene rings is 1. The Kier molecular flexibility index (Phi) is 5.83. The molecule has 0 aliphatic carbocycles. The van der Waals surface area contributed by atoms with Crippen molar-refractivity contribution in [2.75, 3.05) is 13.2 Å². The van der Waals surface area contributed by atoms with E-state index in [2.05, 4.69) is 15.9 Å². The normalized spacial score (nSPS) is 25.1. The molecule has 1 fully saturated rings. The average Bonchev–Trinajstić information content (AvgIpc) is 2.44. The number of halogens is 2. The van der Waals surface area contributed by atoms with Crippen LogP contribution in [0.5, 0.6) is 0 Å². The topological polar surface area (TPSA) is 64.7 Å². The quantitative estimate of drug-likeness (QED) is 0.597. The van der Waals surface area contributed by atoms with Crippen LogP contribution in [0.4, 0.5) is 4.39 Å². The first-order valence-corrected chi connectivity index (χ1v) is 7.95. The summed E-state index contributed by atoms with van der Waals surface area (Å²) >= 11 is 4.43. The second kappa shape index (κ2) is 7.20. The van der Waals surface area contributed by atoms with E-state index in [0.29, 0.717) is 11.5 Å². The summed E-state index contributed by atoms with van der Waals surface area (Å²) in [6, 6.07) is 4.64. The van der Waals surface area contributed by atoms with E-state index in [-0.39, 0.29) is 24.6 Å². The molecule has 1 saturated heterocycles. The van der Waals surface area contributed by atoms with E-state index in [4.69, 9.17) is 15.2 Å². The fourth-order valence-electron chi connectivity index (χ4n) is 1.69. The molecule has 4 atom stereocenters. The van der Waals surface area contributed by atoms with Crippen LogP contribution < -0.4 is 5.73 Å². The SMILES string of the molecule is CC1OCC1OC(Sc1cc(Br)ccc1F)[C@@H](O)CN. The Bertz CT molecular complexity index is 465. The van der Waals surface area contributed by atoms with Crippen molar-refractivity contribution in [3.05, 3.63) is 28.5 Å². The summed E-state index contributed by atoms with van der Waals surface area (Å²) in [5, 5.41) is 9.95. The Morgan fingerprint density at radius 3 is 2.95 bits per heavy atom. The summed E-state index contributed by atoms with van der Waals surface area (Å²) in [5.74, 6) is -0.353. The van der Waals surface area contributed by atoms with Crippen LogP contribution >= 0.6 is 27.7 Å². The van der Waals surface area contributed by atoms with Crippen molar-refractivity contribution in [2.24, 2.45) is 5.73 Å². The lowest BCUT2D eigenvalue weighted by atomic mass is 10.1. The van der Waals surface area contributed by atoms with Crippen LogP contribution in [0, 0.1) is 5.82 Å². The second-order valence-electron chi connectivity index (χ2n) is 4.58. The zero-order valence-corrected chi connectivity index (χ0v) is 13.4. The lowest BCUT2D eigenvalue weighted by Gasteiger charge is -2.37. The third-order valence-electron chi connectivity index (χ3n) is 3.05. The third-order valence-corrected chi connectivity index (χ3v) is 4.77. The molecule has 2 rings (SSSR count). The van der Waals surface area contributed by atoms with Gasteiger partial charge in [-0.25, -0.2) is 4.39 Å². The van der Waals surface area contributed by atoms with Crippen molar-refractivity contribution in [1.29, 1.82) is 0 Å². The smallest absolute Gasteiger partial charge is 0.136 e. The molecule has 0 saturated carbocycles. The highest BCUT2D eigenvalue weighted by Gasteiger charge is 2.34. The van der Waals surface area contributed by atoms with E-state index in [0.717, 1.165) is 16.2 Å². The molecule has 1 aromatic rings. The fraction of sp³-hybridized carbons (Fsp3) is 0.538. The Hall–Kier alpha value is -0.180. The van der Waals surface area contributed by atoms with Gasteiger partial charge in [0, 0.05) is 15.9 Å². The first-order valence-electron chi connectivity index (χ1n) is 6.28. The van der Waals surface area contributed by atoms with Gasteiger partial charge in [0.25, 0.3) is 0 Å². The molecule has 4 nitrogen and oxygen atoms in total. The second-order valence-corrected chi connectivity index (χ2v) is 6.63. The molecular weight excluding hydrogens is 349 g/mol. The molecule has 7 heteroatoms. The molecular formula is C13H17BrFNO3S. The third kappa shape index (κ3) is 3.93. The number of hydrogen-bond acceptors (Lipinski definition) is 5. The summed E-state index contributed by atoms with van der Waals surface area (Å²) in [7, 11) is 0. The molecule has 0 bridgehead atoms. The minimum Gasteiger partial charge on any atom is -0.388 e. The van der Waals surface area contributed by atoms with E-state index in [1.165, 1.54) is 6.07 Å². The van der Waals surface area contributed by atoms with Gasteiger partial charge in [0.2, 0.25) is 0 Å². The summed E-state index contributed by atoms with van der Waals surface area (Å²) < 4.78 is 25.5. The monoisotopic (exact) mass is 365 g/mol. The predicted octanol–water partition coefficient (Wildman–Crippen LogP) is 2.13. The summed E-state index contributed by atoms with van der Waals surface area (Å²) in [4.78, 5) is 0.407. The first kappa shape index (κ1) is 16.2. The first-order chi connectivity index (χ1) is 9.51. The van der Waals surface area contributed by atoms with Gasteiger partial charge in [-0.1, -0.05) is 27.7 Å². The van der Waals surface area contributed by atoms with E-state index < -0.39 is 11.5 Å². The molecule has 1 aliphatic rings. The van der Waals surface area contributed by atoms with E-state index in [9.17, 15) is 9.50 Å². The summed E-state index contributed by atoms with van der Waals surface area (Å²) in [5.41, 5.74) is 4.86. The molecule has 1 aliphatic heterocycles. The molecule has 3 unspecified atom stereocenters. The van der Waals surface area contributed by atoms with Gasteiger partial charge in [-0.15, -0.1) is 0 Å². The van der Waals surface area contributed by atoms with Gasteiger partial charge in [0.05, 0.1) is 12.7 Å². The van der Waals surface area contributed by atoms with Crippen molar-refractivity contribution in [1.82, 2.24) is 0 Å². The van der Waals surface area contributed by atoms with Crippen molar-refractivity contribution in [3.63, 3.8) is 0 Å². The summed E-state index contributed by atoms with van der Waals surface area (Å²) in [6.07, 6.45) is -0.981. The highest BCUT2D eigenvalue weighted by Crippen LogP contribution is 2.33. The maximum absolute atomic E-state index is 13.8. The van der Waals surface area contributed by atoms with Crippen LogP contribution in [0.3, 0.4) is 0 Å². The fourth-order valence-corrected chi connectivity index (χ4v) is 3.30. The highest BCUT2D eigenvalue weighted by atomic mass is 79.9. The van der Waals surface area contributed by atoms with Gasteiger partial charge >= 0.3 is 0 Å². The van der Waals surface area contributed by atoms with Crippen LogP contribution in [-0.4, -0.2) is 42.0 Å². The Morgan fingerprint density at radius 1 is 1.65 bits per heavy atom. The van der Waals surface area contributed by atoms with Gasteiger partial charge in [0.15, 0.2) is 0 Å². The minimum absolute atomic E-state index is 0.0181. The molecule has 1 aromatic carbocycles. The van der Waals surface area contributed by atoms with Crippen LogP contribution in [0.2, 0.25) is 0 Å². The number of aliphatic hydroxyl groups is 1. The molecule has 0 aromatic heterocycles. The number of rotatable bonds is 6. The standard InChI is InChI=1S/C13H17BrFNO3S/c1-7-11(6-18-7)19-13(10(17)5-16)20-12-4-8(14)2-3-9(12)15/h2-4,7,10-11,13,17H,5-6,16H2,1H3/t7?,10-,11?,13?/m0/s1. The Balaban J connectivity index is 2.08. The number of aliphatic hydroxyl groups excluding tert-OH is 1. The highest BCUT2D eigenvalue weighted by molar-refractivity contribution is 9.10. The minimum atomic E-state index is -0.869. The molecule has 0 spiro atoms. The number of hydrogen-bond donors (Lipinski definition) is 2. The molecule has 1 heterocycles. The van der Waals surface area contributed by atoms with Crippen molar-refractivity contribution < 1.29 is 19.0 Å². The van der Waals surface area contributed by atoms with Crippen LogP contribution in [0.15, 0.2) is 27.6 Å². The van der Waals surface area contributed by atoms with Gasteiger partial charge in [-0.3, -0.25) is 0 Å². The Labute approximate surface area is 129 Å². The van der Waals surface area contributed by atoms with E-state index >= 15 is 0 Å². The van der Waals surface area contributed by atoms with Crippen LogP contribution in [-0.2, 0) is 9.47 Å². The molecule has 3 N–H and O–H groups in total. The Morgan fingerprint density at radius 2 is 2.40 bits per heavy atom. The molecule has 112 valence electrons.